The van der Waals surface area contributed by atoms with E-state index in [0.717, 1.165) is 34.6 Å². The van der Waals surface area contributed by atoms with Crippen LogP contribution in [0.1, 0.15) is 35.3 Å². The summed E-state index contributed by atoms with van der Waals surface area (Å²) in [4.78, 5) is 28.9. The fourth-order valence-electron chi connectivity index (χ4n) is 4.28. The van der Waals surface area contributed by atoms with Crippen molar-refractivity contribution in [3.8, 4) is 16.4 Å². The normalized spacial score (nSPS) is 16.0. The molecule has 0 saturated carbocycles. The number of aromatic nitrogens is 5. The Morgan fingerprint density at radius 3 is 2.70 bits per heavy atom. The van der Waals surface area contributed by atoms with Crippen LogP contribution in [-0.4, -0.2) is 42.1 Å². The van der Waals surface area contributed by atoms with Crippen molar-refractivity contribution in [2.75, 3.05) is 6.54 Å². The van der Waals surface area contributed by atoms with E-state index in [2.05, 4.69) is 15.1 Å². The van der Waals surface area contributed by atoms with Gasteiger partial charge in [0.15, 0.2) is 5.82 Å². The molecule has 0 radical (unpaired) electrons. The number of nitrogens with zero attached hydrogens (tertiary/aromatic N) is 5. The summed E-state index contributed by atoms with van der Waals surface area (Å²) < 4.78 is 15.1. The molecule has 9 heteroatoms. The van der Waals surface area contributed by atoms with Crippen LogP contribution in [0, 0.1) is 5.82 Å². The molecular formula is C24H19FN6OS. The van der Waals surface area contributed by atoms with E-state index in [1.54, 1.807) is 21.7 Å². The van der Waals surface area contributed by atoms with Gasteiger partial charge < -0.3 is 9.88 Å². The first-order valence-electron chi connectivity index (χ1n) is 10.7. The van der Waals surface area contributed by atoms with Crippen LogP contribution in [0.15, 0.2) is 66.0 Å². The number of H-pyrrole nitrogens is 1. The molecule has 0 bridgehead atoms. The zero-order valence-corrected chi connectivity index (χ0v) is 18.3. The van der Waals surface area contributed by atoms with E-state index in [1.165, 1.54) is 23.5 Å². The fourth-order valence-corrected chi connectivity index (χ4v) is 4.98. The van der Waals surface area contributed by atoms with E-state index in [0.29, 0.717) is 18.1 Å². The van der Waals surface area contributed by atoms with E-state index in [-0.39, 0.29) is 23.6 Å². The molecule has 1 amide bonds. The van der Waals surface area contributed by atoms with Gasteiger partial charge in [-0.05, 0) is 60.7 Å². The summed E-state index contributed by atoms with van der Waals surface area (Å²) in [5.74, 6) is 0.874. The number of hydrogen-bond acceptors (Lipinski definition) is 5. The van der Waals surface area contributed by atoms with Crippen molar-refractivity contribution < 1.29 is 9.18 Å². The van der Waals surface area contributed by atoms with Gasteiger partial charge in [0.1, 0.15) is 11.6 Å². The molecule has 5 aromatic rings. The highest BCUT2D eigenvalue weighted by Crippen LogP contribution is 2.33. The SMILES string of the molecule is O=C(c1nc(-c2cccs2)n(-c2ccc(F)cc2)n1)N1CCCC1c1nc2ccccc2[nH]1. The number of para-hydroxylation sites is 2. The van der Waals surface area contributed by atoms with E-state index < -0.39 is 0 Å². The van der Waals surface area contributed by atoms with Gasteiger partial charge in [0.25, 0.3) is 5.91 Å². The van der Waals surface area contributed by atoms with Crippen LogP contribution in [0.5, 0.6) is 0 Å². The van der Waals surface area contributed by atoms with E-state index in [4.69, 9.17) is 4.98 Å². The Morgan fingerprint density at radius 1 is 1.06 bits per heavy atom. The van der Waals surface area contributed by atoms with Crippen LogP contribution >= 0.6 is 11.3 Å². The molecule has 1 fully saturated rings. The Balaban J connectivity index is 1.38. The van der Waals surface area contributed by atoms with Gasteiger partial charge in [0, 0.05) is 6.54 Å². The maximum atomic E-state index is 13.6. The van der Waals surface area contributed by atoms with Gasteiger partial charge in [-0.2, -0.15) is 0 Å². The zero-order valence-electron chi connectivity index (χ0n) is 17.5. The van der Waals surface area contributed by atoms with Gasteiger partial charge in [-0.25, -0.2) is 19.0 Å². The minimum Gasteiger partial charge on any atom is -0.340 e. The minimum absolute atomic E-state index is 0.116. The molecule has 3 aromatic heterocycles. The van der Waals surface area contributed by atoms with Gasteiger partial charge in [0.2, 0.25) is 5.82 Å². The standard InChI is InChI=1S/C24H19FN6OS/c25-15-9-11-16(12-10-15)31-23(20-8-4-14-33-20)28-22(29-31)24(32)30-13-3-7-19(30)21-26-17-5-1-2-6-18(17)27-21/h1-2,4-6,8-12,14,19H,3,7,13H2,(H,26,27). The lowest BCUT2D eigenvalue weighted by Crippen LogP contribution is -2.32. The Bertz CT molecular complexity index is 1410. The third kappa shape index (κ3) is 3.50. The molecular weight excluding hydrogens is 439 g/mol. The van der Waals surface area contributed by atoms with Crippen molar-refractivity contribution in [1.82, 2.24) is 29.6 Å². The molecule has 0 spiro atoms. The quantitative estimate of drug-likeness (QED) is 0.412. The molecule has 1 aliphatic rings. The molecule has 164 valence electrons. The van der Waals surface area contributed by atoms with Crippen molar-refractivity contribution in [3.05, 3.63) is 83.5 Å². The maximum Gasteiger partial charge on any atom is 0.294 e. The van der Waals surface area contributed by atoms with Gasteiger partial charge in [-0.15, -0.1) is 16.4 Å². The topological polar surface area (TPSA) is 79.7 Å². The second kappa shape index (κ2) is 7.93. The van der Waals surface area contributed by atoms with Crippen molar-refractivity contribution in [2.24, 2.45) is 0 Å². The highest BCUT2D eigenvalue weighted by Gasteiger charge is 2.35. The lowest BCUT2D eigenvalue weighted by Gasteiger charge is -2.21. The van der Waals surface area contributed by atoms with Gasteiger partial charge >= 0.3 is 0 Å². The van der Waals surface area contributed by atoms with Gasteiger partial charge in [0.05, 0.1) is 27.6 Å². The molecule has 7 nitrogen and oxygen atoms in total. The molecule has 4 heterocycles. The number of likely N-dealkylation sites (tertiary alicyclic amines) is 1. The van der Waals surface area contributed by atoms with Crippen LogP contribution in [0.25, 0.3) is 27.4 Å². The highest BCUT2D eigenvalue weighted by molar-refractivity contribution is 7.13. The second-order valence-corrected chi connectivity index (χ2v) is 8.87. The summed E-state index contributed by atoms with van der Waals surface area (Å²) in [6.45, 7) is 0.611. The average Bonchev–Trinajstić information content (AvgIpc) is 3.63. The average molecular weight is 459 g/mol. The first-order chi connectivity index (χ1) is 16.2. The summed E-state index contributed by atoms with van der Waals surface area (Å²) in [5, 5.41) is 6.49. The van der Waals surface area contributed by atoms with E-state index >= 15 is 0 Å². The Kier molecular flexibility index (Phi) is 4.76. The number of halogens is 1. The predicted octanol–water partition coefficient (Wildman–Crippen LogP) is 4.99. The zero-order chi connectivity index (χ0) is 22.4. The third-order valence-electron chi connectivity index (χ3n) is 5.85. The summed E-state index contributed by atoms with van der Waals surface area (Å²) >= 11 is 1.51. The Morgan fingerprint density at radius 2 is 1.91 bits per heavy atom. The summed E-state index contributed by atoms with van der Waals surface area (Å²) in [7, 11) is 0. The molecule has 0 aliphatic carbocycles. The van der Waals surface area contributed by atoms with Crippen molar-refractivity contribution in [2.45, 2.75) is 18.9 Å². The predicted molar refractivity (Wildman–Crippen MR) is 124 cm³/mol. The van der Waals surface area contributed by atoms with Gasteiger partial charge in [-0.1, -0.05) is 18.2 Å². The number of aromatic amines is 1. The number of nitrogens with one attached hydrogen (secondary N) is 1. The fraction of sp³-hybridized carbons (Fsp3) is 0.167. The second-order valence-electron chi connectivity index (χ2n) is 7.92. The monoisotopic (exact) mass is 458 g/mol. The smallest absolute Gasteiger partial charge is 0.294 e. The Hall–Kier alpha value is -3.85. The number of fused-ring (bicyclic) bond motifs is 1. The van der Waals surface area contributed by atoms with Crippen molar-refractivity contribution in [1.29, 1.82) is 0 Å². The molecule has 1 saturated heterocycles. The molecule has 1 N–H and O–H groups in total. The number of rotatable bonds is 4. The number of hydrogen-bond donors (Lipinski definition) is 1. The summed E-state index contributed by atoms with van der Waals surface area (Å²) in [6, 6.07) is 17.5. The molecule has 1 aliphatic heterocycles. The van der Waals surface area contributed by atoms with Crippen molar-refractivity contribution in [3.63, 3.8) is 0 Å². The first kappa shape index (κ1) is 19.8. The molecule has 2 aromatic carbocycles. The van der Waals surface area contributed by atoms with Crippen LogP contribution in [-0.2, 0) is 0 Å². The van der Waals surface area contributed by atoms with E-state index in [9.17, 15) is 9.18 Å². The number of amides is 1. The lowest BCUT2D eigenvalue weighted by atomic mass is 10.2. The third-order valence-corrected chi connectivity index (χ3v) is 6.71. The molecule has 1 atom stereocenters. The van der Waals surface area contributed by atoms with Crippen molar-refractivity contribution >= 4 is 28.3 Å². The maximum absolute atomic E-state index is 13.6. The van der Waals surface area contributed by atoms with E-state index in [1.807, 2.05) is 41.8 Å². The van der Waals surface area contributed by atoms with Crippen LogP contribution in [0.2, 0.25) is 0 Å². The van der Waals surface area contributed by atoms with Crippen LogP contribution < -0.4 is 0 Å². The summed E-state index contributed by atoms with van der Waals surface area (Å²) in [6.07, 6.45) is 1.70. The molecule has 6 rings (SSSR count). The molecule has 33 heavy (non-hydrogen) atoms. The van der Waals surface area contributed by atoms with Gasteiger partial charge in [-0.3, -0.25) is 4.79 Å². The first-order valence-corrected chi connectivity index (χ1v) is 11.6. The highest BCUT2D eigenvalue weighted by atomic mass is 32.1. The minimum atomic E-state index is -0.335. The number of carbonyl (C=O) groups excluding carboxylic acids is 1. The Labute approximate surface area is 192 Å². The largest absolute Gasteiger partial charge is 0.340 e. The van der Waals surface area contributed by atoms with Crippen LogP contribution in [0.4, 0.5) is 4.39 Å². The summed E-state index contributed by atoms with van der Waals surface area (Å²) in [5.41, 5.74) is 2.47. The lowest BCUT2D eigenvalue weighted by molar-refractivity contribution is 0.0718. The number of benzene rings is 2. The number of carbonyl (C=O) groups is 1. The van der Waals surface area contributed by atoms with Crippen LogP contribution in [0.3, 0.4) is 0 Å². The number of thiophene rings is 1. The number of imidazole rings is 1. The molecule has 1 unspecified atom stereocenters.